The van der Waals surface area contributed by atoms with Crippen LogP contribution in [0.15, 0.2) is 15.9 Å². The number of aromatic amines is 1. The van der Waals surface area contributed by atoms with E-state index in [1.165, 1.54) is 6.34 Å². The molecule has 2 aromatic heterocycles. The molecule has 0 aromatic carbocycles. The van der Waals surface area contributed by atoms with Gasteiger partial charge in [-0.25, -0.2) is 9.79 Å². The van der Waals surface area contributed by atoms with Crippen LogP contribution in [0.25, 0.3) is 11.0 Å². The Bertz CT molecular complexity index is 793. The van der Waals surface area contributed by atoms with Crippen LogP contribution in [-0.4, -0.2) is 38.8 Å². The van der Waals surface area contributed by atoms with Crippen LogP contribution in [0.5, 0.6) is 0 Å². The second kappa shape index (κ2) is 4.40. The second-order valence-corrected chi connectivity index (χ2v) is 5.49. The molecule has 3 atom stereocenters. The summed E-state index contributed by atoms with van der Waals surface area (Å²) in [5, 5.41) is 9.28. The van der Waals surface area contributed by atoms with Crippen molar-refractivity contribution in [1.29, 1.82) is 0 Å². The minimum atomic E-state index is -0.422. The van der Waals surface area contributed by atoms with Gasteiger partial charge in [0.1, 0.15) is 18.0 Å². The minimum absolute atomic E-state index is 0.0135. The molecule has 0 spiro atoms. The molecule has 21 heavy (non-hydrogen) atoms. The monoisotopic (exact) mass is 289 g/mol. The van der Waals surface area contributed by atoms with Crippen LogP contribution >= 0.6 is 0 Å². The van der Waals surface area contributed by atoms with Crippen molar-refractivity contribution >= 4 is 23.2 Å². The Kier molecular flexibility index (Phi) is 2.63. The maximum atomic E-state index is 11.6. The third kappa shape index (κ3) is 1.79. The molecule has 0 aliphatic carbocycles. The Hall–Kier alpha value is -2.19. The second-order valence-electron chi connectivity index (χ2n) is 5.49. The molecule has 0 saturated carbocycles. The minimum Gasteiger partial charge on any atom is -0.394 e. The molecule has 110 valence electrons. The predicted octanol–water partition coefficient (Wildman–Crippen LogP) is 0.400. The number of nitrogens with zero attached hydrogens (tertiary/aromatic N) is 3. The van der Waals surface area contributed by atoms with Crippen molar-refractivity contribution < 1.29 is 9.84 Å². The SMILES string of the molecule is C[C@H]1C[C@@H](CO)O[C@H]1c1cc2[nH]c(=O)nc3c2n1NC=N3. The third-order valence-corrected chi connectivity index (χ3v) is 4.05. The number of H-pyrrole nitrogens is 1. The van der Waals surface area contributed by atoms with E-state index in [-0.39, 0.29) is 24.7 Å². The first-order valence-electron chi connectivity index (χ1n) is 6.88. The molecule has 0 unspecified atom stereocenters. The molecule has 4 heterocycles. The van der Waals surface area contributed by atoms with Gasteiger partial charge in [0.05, 0.1) is 23.9 Å². The van der Waals surface area contributed by atoms with Crippen LogP contribution in [0.2, 0.25) is 0 Å². The van der Waals surface area contributed by atoms with Gasteiger partial charge in [0.25, 0.3) is 0 Å². The van der Waals surface area contributed by atoms with Gasteiger partial charge in [-0.1, -0.05) is 6.92 Å². The van der Waals surface area contributed by atoms with Crippen LogP contribution in [0.4, 0.5) is 5.82 Å². The fourth-order valence-corrected chi connectivity index (χ4v) is 3.14. The summed E-state index contributed by atoms with van der Waals surface area (Å²) in [5.41, 5.74) is 4.92. The summed E-state index contributed by atoms with van der Waals surface area (Å²) in [7, 11) is 0. The van der Waals surface area contributed by atoms with E-state index < -0.39 is 5.69 Å². The summed E-state index contributed by atoms with van der Waals surface area (Å²) < 4.78 is 7.74. The van der Waals surface area contributed by atoms with Crippen molar-refractivity contribution in [2.45, 2.75) is 25.6 Å². The van der Waals surface area contributed by atoms with Gasteiger partial charge in [-0.3, -0.25) is 10.1 Å². The number of aliphatic hydroxyl groups excluding tert-OH is 1. The average Bonchev–Trinajstić information content (AvgIpc) is 3.01. The Balaban J connectivity index is 1.88. The molecule has 1 saturated heterocycles. The number of aliphatic imine (C=N–C) groups is 1. The van der Waals surface area contributed by atoms with Crippen molar-refractivity contribution in [2.24, 2.45) is 10.9 Å². The van der Waals surface area contributed by atoms with Gasteiger partial charge < -0.3 is 14.8 Å². The standard InChI is InChI=1S/C13H15N5O3/c1-6-2-7(4-19)21-11(6)9-3-8-10-12(17-13(20)16-8)14-5-15-18(9)10/h3,5-7,11,19H,2,4H2,1H3,(H2,14,15,16,17,20)/t6-,7-,11+/m0/s1. The third-order valence-electron chi connectivity index (χ3n) is 4.05. The molecule has 4 rings (SSSR count). The summed E-state index contributed by atoms with van der Waals surface area (Å²) in [4.78, 5) is 22.2. The fourth-order valence-electron chi connectivity index (χ4n) is 3.14. The quantitative estimate of drug-likeness (QED) is 0.742. The molecule has 8 heteroatoms. The number of nitrogens with one attached hydrogen (secondary N) is 2. The van der Waals surface area contributed by atoms with Crippen LogP contribution in [-0.2, 0) is 4.74 Å². The van der Waals surface area contributed by atoms with Crippen LogP contribution < -0.4 is 11.1 Å². The molecule has 2 aliphatic rings. The van der Waals surface area contributed by atoms with E-state index in [1.807, 2.05) is 10.7 Å². The number of ether oxygens (including phenoxy) is 1. The van der Waals surface area contributed by atoms with Crippen molar-refractivity contribution in [3.05, 3.63) is 22.2 Å². The lowest BCUT2D eigenvalue weighted by atomic mass is 10.00. The normalized spacial score (nSPS) is 27.2. The summed E-state index contributed by atoms with van der Waals surface area (Å²) >= 11 is 0. The molecule has 2 aromatic rings. The van der Waals surface area contributed by atoms with Crippen LogP contribution in [0.3, 0.4) is 0 Å². The van der Waals surface area contributed by atoms with Gasteiger partial charge >= 0.3 is 5.69 Å². The van der Waals surface area contributed by atoms with Gasteiger partial charge in [0.2, 0.25) is 0 Å². The highest BCUT2D eigenvalue weighted by Gasteiger charge is 2.36. The molecular weight excluding hydrogens is 274 g/mol. The average molecular weight is 289 g/mol. The fraction of sp³-hybridized carbons (Fsp3) is 0.462. The van der Waals surface area contributed by atoms with E-state index in [2.05, 4.69) is 27.3 Å². The lowest BCUT2D eigenvalue weighted by Gasteiger charge is -2.19. The summed E-state index contributed by atoms with van der Waals surface area (Å²) in [6.45, 7) is 2.10. The smallest absolute Gasteiger partial charge is 0.347 e. The van der Waals surface area contributed by atoms with Crippen LogP contribution in [0.1, 0.15) is 25.1 Å². The van der Waals surface area contributed by atoms with Crippen molar-refractivity contribution in [2.75, 3.05) is 12.0 Å². The predicted molar refractivity (Wildman–Crippen MR) is 76.3 cm³/mol. The zero-order chi connectivity index (χ0) is 14.6. The van der Waals surface area contributed by atoms with Crippen molar-refractivity contribution in [3.8, 4) is 0 Å². The van der Waals surface area contributed by atoms with Gasteiger partial charge in [-0.05, 0) is 18.4 Å². The van der Waals surface area contributed by atoms with Gasteiger partial charge in [0, 0.05) is 0 Å². The molecule has 0 amide bonds. The van der Waals surface area contributed by atoms with Crippen molar-refractivity contribution in [3.63, 3.8) is 0 Å². The number of aromatic nitrogens is 3. The molecule has 0 bridgehead atoms. The van der Waals surface area contributed by atoms with E-state index in [0.717, 1.165) is 17.6 Å². The molecule has 8 nitrogen and oxygen atoms in total. The van der Waals surface area contributed by atoms with Gasteiger partial charge in [-0.15, -0.1) is 0 Å². The molecule has 0 radical (unpaired) electrons. The van der Waals surface area contributed by atoms with E-state index in [1.54, 1.807) is 0 Å². The number of hydrogen-bond donors (Lipinski definition) is 3. The molecular formula is C13H15N5O3. The topological polar surface area (TPSA) is 105 Å². The summed E-state index contributed by atoms with van der Waals surface area (Å²) in [6.07, 6.45) is 2.01. The maximum absolute atomic E-state index is 11.6. The van der Waals surface area contributed by atoms with Crippen LogP contribution in [0, 0.1) is 5.92 Å². The largest absolute Gasteiger partial charge is 0.394 e. The number of hydrogen-bond acceptors (Lipinski definition) is 6. The Morgan fingerprint density at radius 3 is 3.19 bits per heavy atom. The zero-order valence-corrected chi connectivity index (χ0v) is 11.4. The highest BCUT2D eigenvalue weighted by atomic mass is 16.5. The van der Waals surface area contributed by atoms with E-state index in [4.69, 9.17) is 4.74 Å². The lowest BCUT2D eigenvalue weighted by molar-refractivity contribution is 0.00250. The summed E-state index contributed by atoms with van der Waals surface area (Å²) in [5.74, 6) is 0.662. The van der Waals surface area contributed by atoms with E-state index in [9.17, 15) is 9.90 Å². The summed E-state index contributed by atoms with van der Waals surface area (Å²) in [6, 6.07) is 1.88. The molecule has 3 N–H and O–H groups in total. The van der Waals surface area contributed by atoms with E-state index >= 15 is 0 Å². The Morgan fingerprint density at radius 2 is 2.43 bits per heavy atom. The number of rotatable bonds is 2. The van der Waals surface area contributed by atoms with E-state index in [0.29, 0.717) is 11.3 Å². The Morgan fingerprint density at radius 1 is 1.57 bits per heavy atom. The van der Waals surface area contributed by atoms with Crippen molar-refractivity contribution in [1.82, 2.24) is 14.6 Å². The highest BCUT2D eigenvalue weighted by Crippen LogP contribution is 2.40. The first-order valence-corrected chi connectivity index (χ1v) is 6.88. The first-order chi connectivity index (χ1) is 10.2. The first kappa shape index (κ1) is 12.5. The number of aliphatic hydroxyl groups is 1. The Labute approximate surface area is 119 Å². The maximum Gasteiger partial charge on any atom is 0.347 e. The molecule has 1 fully saturated rings. The van der Waals surface area contributed by atoms with Gasteiger partial charge in [0.15, 0.2) is 5.82 Å². The lowest BCUT2D eigenvalue weighted by Crippen LogP contribution is -2.22. The molecule has 2 aliphatic heterocycles. The highest BCUT2D eigenvalue weighted by molar-refractivity contribution is 5.91. The van der Waals surface area contributed by atoms with Gasteiger partial charge in [-0.2, -0.15) is 4.98 Å². The zero-order valence-electron chi connectivity index (χ0n) is 11.4.